The summed E-state index contributed by atoms with van der Waals surface area (Å²) in [5.41, 5.74) is 0.337. The Labute approximate surface area is 128 Å². The van der Waals surface area contributed by atoms with Crippen LogP contribution in [0, 0.1) is 10.1 Å². The Morgan fingerprint density at radius 2 is 2.33 bits per heavy atom. The molecular formula is C13H10N2O4S2. The van der Waals surface area contributed by atoms with Crippen LogP contribution in [-0.2, 0) is 4.79 Å². The minimum absolute atomic E-state index is 0.128. The van der Waals surface area contributed by atoms with E-state index in [2.05, 4.69) is 11.6 Å². The monoisotopic (exact) mass is 322 g/mol. The minimum Gasteiger partial charge on any atom is -0.401 e. The molecule has 0 bridgehead atoms. The summed E-state index contributed by atoms with van der Waals surface area (Å²) in [4.78, 5) is 25.7. The molecule has 0 saturated heterocycles. The third kappa shape index (κ3) is 4.20. The maximum Gasteiger partial charge on any atom is 0.433 e. The van der Waals surface area contributed by atoms with Crippen LogP contribution in [0.15, 0.2) is 52.0 Å². The van der Waals surface area contributed by atoms with Crippen molar-refractivity contribution in [2.24, 2.45) is 4.99 Å². The third-order valence-corrected chi connectivity index (χ3v) is 4.24. The van der Waals surface area contributed by atoms with Crippen LogP contribution in [0.4, 0.5) is 5.88 Å². The largest absolute Gasteiger partial charge is 0.433 e. The summed E-state index contributed by atoms with van der Waals surface area (Å²) in [5, 5.41) is 10.3. The van der Waals surface area contributed by atoms with Crippen molar-refractivity contribution in [1.29, 1.82) is 0 Å². The van der Waals surface area contributed by atoms with Gasteiger partial charge in [0.1, 0.15) is 20.8 Å². The van der Waals surface area contributed by atoms with E-state index in [4.69, 9.17) is 4.42 Å². The summed E-state index contributed by atoms with van der Waals surface area (Å²) >= 11 is 2.52. The van der Waals surface area contributed by atoms with E-state index in [0.717, 1.165) is 11.8 Å². The molecule has 0 N–H and O–H groups in total. The van der Waals surface area contributed by atoms with Gasteiger partial charge >= 0.3 is 5.88 Å². The second-order valence-corrected chi connectivity index (χ2v) is 5.94. The number of allylic oxidation sites excluding steroid dienone is 2. The molecule has 0 amide bonds. The number of thioether (sulfide) groups is 2. The maximum absolute atomic E-state index is 11.7. The second-order valence-electron chi connectivity index (χ2n) is 3.71. The summed E-state index contributed by atoms with van der Waals surface area (Å²) in [7, 11) is 0. The van der Waals surface area contributed by atoms with Gasteiger partial charge in [-0.15, -0.1) is 6.58 Å². The zero-order valence-corrected chi connectivity index (χ0v) is 12.4. The number of nitrogens with zero attached hydrogens (tertiary/aromatic N) is 2. The molecule has 0 aromatic carbocycles. The lowest BCUT2D eigenvalue weighted by Crippen LogP contribution is -1.87. The minimum atomic E-state index is -0.611. The standard InChI is InChI=1S/C13H10N2O4S2/c1-2-8-20-13-14-10(12(16)21-13)5-3-4-9-6-7-11(19-9)15(17)18/h2-7H,1,8H2/b4-3-,10-5-. The van der Waals surface area contributed by atoms with E-state index >= 15 is 0 Å². The van der Waals surface area contributed by atoms with E-state index < -0.39 is 4.92 Å². The lowest BCUT2D eigenvalue weighted by atomic mass is 10.3. The van der Waals surface area contributed by atoms with Gasteiger partial charge < -0.3 is 4.42 Å². The molecule has 0 spiro atoms. The number of carbonyl (C=O) groups is 1. The predicted molar refractivity (Wildman–Crippen MR) is 85.2 cm³/mol. The smallest absolute Gasteiger partial charge is 0.401 e. The molecule has 2 heterocycles. The van der Waals surface area contributed by atoms with Gasteiger partial charge in [0, 0.05) is 5.75 Å². The third-order valence-electron chi connectivity index (χ3n) is 2.23. The summed E-state index contributed by atoms with van der Waals surface area (Å²) in [6.07, 6.45) is 6.39. The lowest BCUT2D eigenvalue weighted by Gasteiger charge is -1.90. The molecule has 8 heteroatoms. The Hall–Kier alpha value is -2.06. The topological polar surface area (TPSA) is 85.7 Å². The van der Waals surface area contributed by atoms with Gasteiger partial charge in [0.05, 0.1) is 6.07 Å². The first-order valence-corrected chi connectivity index (χ1v) is 7.57. The molecule has 0 fully saturated rings. The molecule has 1 aliphatic rings. The first kappa shape index (κ1) is 15.3. The summed E-state index contributed by atoms with van der Waals surface area (Å²) < 4.78 is 5.64. The molecule has 0 atom stereocenters. The molecule has 0 unspecified atom stereocenters. The fraction of sp³-hybridized carbons (Fsp3) is 0.0769. The molecule has 0 aliphatic carbocycles. The fourth-order valence-corrected chi connectivity index (χ4v) is 2.97. The summed E-state index contributed by atoms with van der Waals surface area (Å²) in [6.45, 7) is 3.60. The quantitative estimate of drug-likeness (QED) is 0.356. The number of furan rings is 1. The van der Waals surface area contributed by atoms with Crippen LogP contribution < -0.4 is 0 Å². The van der Waals surface area contributed by atoms with Gasteiger partial charge in [-0.25, -0.2) is 4.99 Å². The number of hydrogen-bond donors (Lipinski definition) is 0. The molecular weight excluding hydrogens is 312 g/mol. The normalized spacial score (nSPS) is 16.7. The van der Waals surface area contributed by atoms with E-state index in [9.17, 15) is 14.9 Å². The van der Waals surface area contributed by atoms with Gasteiger partial charge in [0.15, 0.2) is 0 Å². The molecule has 1 aliphatic heterocycles. The Kier molecular flexibility index (Phi) is 5.18. The van der Waals surface area contributed by atoms with Gasteiger partial charge in [-0.05, 0) is 30.0 Å². The van der Waals surface area contributed by atoms with Crippen molar-refractivity contribution >= 4 is 45.0 Å². The van der Waals surface area contributed by atoms with Gasteiger partial charge in [0.2, 0.25) is 5.12 Å². The van der Waals surface area contributed by atoms with Gasteiger partial charge in [0.25, 0.3) is 0 Å². The van der Waals surface area contributed by atoms with Crippen molar-refractivity contribution < 1.29 is 14.1 Å². The lowest BCUT2D eigenvalue weighted by molar-refractivity contribution is -0.402. The summed E-state index contributed by atoms with van der Waals surface area (Å²) in [6, 6.07) is 2.75. The number of aliphatic imine (C=N–C) groups is 1. The molecule has 6 nitrogen and oxygen atoms in total. The summed E-state index contributed by atoms with van der Waals surface area (Å²) in [5.74, 6) is 0.705. The highest BCUT2D eigenvalue weighted by molar-refractivity contribution is 8.45. The average Bonchev–Trinajstić information content (AvgIpc) is 3.04. The van der Waals surface area contributed by atoms with Gasteiger partial charge in [-0.3, -0.25) is 14.9 Å². The van der Waals surface area contributed by atoms with Crippen LogP contribution >= 0.6 is 23.5 Å². The molecule has 108 valence electrons. The maximum atomic E-state index is 11.7. The molecule has 2 rings (SSSR count). The highest BCUT2D eigenvalue weighted by atomic mass is 32.2. The van der Waals surface area contributed by atoms with Crippen molar-refractivity contribution in [3.05, 3.63) is 58.5 Å². The van der Waals surface area contributed by atoms with Crippen LogP contribution in [-0.4, -0.2) is 20.2 Å². The second kappa shape index (κ2) is 7.09. The van der Waals surface area contributed by atoms with E-state index in [1.165, 1.54) is 30.0 Å². The Morgan fingerprint density at radius 3 is 3.00 bits per heavy atom. The number of hydrogen-bond acceptors (Lipinski definition) is 7. The Bertz CT molecular complexity index is 673. The van der Waals surface area contributed by atoms with E-state index in [0.29, 0.717) is 21.6 Å². The van der Waals surface area contributed by atoms with E-state index in [1.807, 2.05) is 0 Å². The first-order valence-electron chi connectivity index (χ1n) is 5.77. The van der Waals surface area contributed by atoms with Crippen LogP contribution in [0.3, 0.4) is 0 Å². The van der Waals surface area contributed by atoms with Crippen molar-refractivity contribution in [3.8, 4) is 0 Å². The van der Waals surface area contributed by atoms with Crippen LogP contribution in [0.1, 0.15) is 5.76 Å². The van der Waals surface area contributed by atoms with Crippen molar-refractivity contribution in [3.63, 3.8) is 0 Å². The fourth-order valence-electron chi connectivity index (χ4n) is 1.36. The van der Waals surface area contributed by atoms with Gasteiger partial charge in [-0.1, -0.05) is 23.9 Å². The molecule has 21 heavy (non-hydrogen) atoms. The number of rotatable bonds is 5. The predicted octanol–water partition coefficient (Wildman–Crippen LogP) is 3.63. The van der Waals surface area contributed by atoms with Crippen molar-refractivity contribution in [1.82, 2.24) is 0 Å². The zero-order chi connectivity index (χ0) is 15.2. The van der Waals surface area contributed by atoms with Crippen molar-refractivity contribution in [2.45, 2.75) is 0 Å². The average molecular weight is 322 g/mol. The van der Waals surface area contributed by atoms with E-state index in [1.54, 1.807) is 18.2 Å². The van der Waals surface area contributed by atoms with Crippen LogP contribution in [0.2, 0.25) is 0 Å². The molecule has 0 saturated carbocycles. The Morgan fingerprint density at radius 1 is 1.52 bits per heavy atom. The SMILES string of the molecule is C=CCSC1=N/C(=C\C=C/c2ccc([N+](=O)[O-])o2)C(=O)S1. The molecule has 0 radical (unpaired) electrons. The molecule has 1 aromatic rings. The number of carbonyl (C=O) groups excluding carboxylic acids is 1. The van der Waals surface area contributed by atoms with E-state index in [-0.39, 0.29) is 11.0 Å². The first-order chi connectivity index (χ1) is 10.1. The highest BCUT2D eigenvalue weighted by Gasteiger charge is 2.21. The zero-order valence-electron chi connectivity index (χ0n) is 10.7. The molecule has 1 aromatic heterocycles. The van der Waals surface area contributed by atoms with Crippen molar-refractivity contribution in [2.75, 3.05) is 5.75 Å². The van der Waals surface area contributed by atoms with Crippen LogP contribution in [0.25, 0.3) is 6.08 Å². The Balaban J connectivity index is 2.03. The van der Waals surface area contributed by atoms with Crippen LogP contribution in [0.5, 0.6) is 0 Å². The highest BCUT2D eigenvalue weighted by Crippen LogP contribution is 2.29. The van der Waals surface area contributed by atoms with Gasteiger partial charge in [-0.2, -0.15) is 0 Å². The number of nitro groups is 1.